The monoisotopic (exact) mass is 180 g/mol. The Labute approximate surface area is 70.6 Å². The molecule has 0 spiro atoms. The van der Waals surface area contributed by atoms with Crippen LogP contribution in [-0.4, -0.2) is 35.7 Å². The second-order valence-electron chi connectivity index (χ2n) is 2.25. The van der Waals surface area contributed by atoms with Crippen LogP contribution in [0.5, 0.6) is 0 Å². The fourth-order valence-corrected chi connectivity index (χ4v) is 2.37. The van der Waals surface area contributed by atoms with Gasteiger partial charge in [-0.05, 0) is 19.5 Å². The first-order valence-electron chi connectivity index (χ1n) is 3.83. The van der Waals surface area contributed by atoms with Crippen molar-refractivity contribution in [2.75, 3.05) is 26.0 Å². The van der Waals surface area contributed by atoms with E-state index in [-0.39, 0.29) is 9.68 Å². The minimum atomic E-state index is 0.00556. The molecule has 0 aliphatic carbocycles. The van der Waals surface area contributed by atoms with E-state index in [4.69, 9.17) is 11.6 Å². The quantitative estimate of drug-likeness (QED) is 0.326. The normalized spacial score (nSPS) is 11.4. The third-order valence-electron chi connectivity index (χ3n) is 1.29. The second-order valence-corrected chi connectivity index (χ2v) is 4.33. The van der Waals surface area contributed by atoms with Crippen LogP contribution in [0.25, 0.3) is 0 Å². The van der Waals surface area contributed by atoms with Crippen LogP contribution >= 0.6 is 11.6 Å². The van der Waals surface area contributed by atoms with E-state index in [2.05, 4.69) is 10.3 Å². The Morgan fingerprint density at radius 1 is 1.40 bits per heavy atom. The van der Waals surface area contributed by atoms with Crippen LogP contribution < -0.4 is 10.3 Å². The topological polar surface area (TPSA) is 24.1 Å². The zero-order valence-corrected chi connectivity index (χ0v) is 8.79. The summed E-state index contributed by atoms with van der Waals surface area (Å²) in [7, 11) is 1.98. The van der Waals surface area contributed by atoms with Gasteiger partial charge in [0, 0.05) is 19.0 Å². The van der Waals surface area contributed by atoms with Crippen molar-refractivity contribution in [3.8, 4) is 0 Å². The molecule has 0 atom stereocenters. The van der Waals surface area contributed by atoms with E-state index in [9.17, 15) is 0 Å². The number of hydrogen-bond acceptors (Lipinski definition) is 2. The van der Waals surface area contributed by atoms with Crippen LogP contribution in [0, 0.1) is 0 Å². The van der Waals surface area contributed by atoms with Gasteiger partial charge >= 0.3 is 0 Å². The highest BCUT2D eigenvalue weighted by molar-refractivity contribution is 6.32. The van der Waals surface area contributed by atoms with Crippen LogP contribution in [-0.2, 0) is 0 Å². The number of nitrogens with one attached hydrogen (secondary N) is 2. The molecule has 0 unspecified atom stereocenters. The van der Waals surface area contributed by atoms with E-state index in [1.54, 1.807) is 0 Å². The SMILES string of the molecule is CNCCN[SiH2]CCCCl. The largest absolute Gasteiger partial charge is 0.341 e. The summed E-state index contributed by atoms with van der Waals surface area (Å²) in [6, 6.07) is 1.33. The lowest BCUT2D eigenvalue weighted by atomic mass is 10.6. The predicted molar refractivity (Wildman–Crippen MR) is 50.6 cm³/mol. The van der Waals surface area contributed by atoms with Gasteiger partial charge in [0.05, 0.1) is 9.68 Å². The van der Waals surface area contributed by atoms with Crippen molar-refractivity contribution in [3.63, 3.8) is 0 Å². The van der Waals surface area contributed by atoms with Gasteiger partial charge in [0.2, 0.25) is 0 Å². The molecule has 2 N–H and O–H groups in total. The van der Waals surface area contributed by atoms with Crippen LogP contribution in [0.4, 0.5) is 0 Å². The van der Waals surface area contributed by atoms with Crippen LogP contribution in [0.3, 0.4) is 0 Å². The zero-order valence-electron chi connectivity index (χ0n) is 6.62. The highest BCUT2D eigenvalue weighted by Gasteiger charge is 1.86. The summed E-state index contributed by atoms with van der Waals surface area (Å²) in [5.74, 6) is 0.820. The van der Waals surface area contributed by atoms with Gasteiger partial charge in [-0.15, -0.1) is 11.6 Å². The van der Waals surface area contributed by atoms with Crippen molar-refractivity contribution in [1.29, 1.82) is 0 Å². The molecule has 0 radical (unpaired) electrons. The molecule has 0 bridgehead atoms. The molecule has 0 saturated carbocycles. The van der Waals surface area contributed by atoms with Crippen LogP contribution in [0.2, 0.25) is 6.04 Å². The van der Waals surface area contributed by atoms with Gasteiger partial charge in [0.25, 0.3) is 0 Å². The smallest absolute Gasteiger partial charge is 0.0917 e. The van der Waals surface area contributed by atoms with E-state index < -0.39 is 0 Å². The first-order chi connectivity index (χ1) is 4.91. The van der Waals surface area contributed by atoms with Gasteiger partial charge in [-0.1, -0.05) is 0 Å². The van der Waals surface area contributed by atoms with Crippen molar-refractivity contribution in [1.82, 2.24) is 10.3 Å². The maximum absolute atomic E-state index is 5.52. The molecule has 0 rings (SSSR count). The fourth-order valence-electron chi connectivity index (χ4n) is 0.683. The lowest BCUT2D eigenvalue weighted by Gasteiger charge is -2.01. The molecular formula is C6H17ClN2Si. The van der Waals surface area contributed by atoms with Gasteiger partial charge in [0.15, 0.2) is 0 Å². The number of alkyl halides is 1. The molecule has 0 aliphatic heterocycles. The molecule has 0 saturated heterocycles. The standard InChI is InChI=1S/C6H17ClN2Si/c1-8-4-5-9-10-6-2-3-7/h8-9H,2-6,10H2,1H3. The summed E-state index contributed by atoms with van der Waals surface area (Å²) in [6.45, 7) is 2.19. The molecule has 4 heteroatoms. The van der Waals surface area contributed by atoms with E-state index in [0.717, 1.165) is 19.0 Å². The lowest BCUT2D eigenvalue weighted by Crippen LogP contribution is -2.27. The van der Waals surface area contributed by atoms with E-state index in [1.807, 2.05) is 7.05 Å². The maximum atomic E-state index is 5.52. The first-order valence-corrected chi connectivity index (χ1v) is 6.07. The first kappa shape index (κ1) is 10.4. The molecule has 62 valence electrons. The Morgan fingerprint density at radius 3 is 2.80 bits per heavy atom. The lowest BCUT2D eigenvalue weighted by molar-refractivity contribution is 0.765. The molecule has 0 amide bonds. The van der Waals surface area contributed by atoms with Gasteiger partial charge in [-0.25, -0.2) is 0 Å². The zero-order chi connectivity index (χ0) is 7.66. The number of likely N-dealkylation sites (N-methyl/N-ethyl adjacent to an activating group) is 1. The van der Waals surface area contributed by atoms with Gasteiger partial charge < -0.3 is 10.3 Å². The number of rotatable bonds is 7. The Hall–Kier alpha value is 0.427. The average Bonchev–Trinajstić information content (AvgIpc) is 1.97. The van der Waals surface area contributed by atoms with Crippen LogP contribution in [0.15, 0.2) is 0 Å². The summed E-state index contributed by atoms with van der Waals surface area (Å²) in [4.78, 5) is 3.44. The summed E-state index contributed by atoms with van der Waals surface area (Å²) in [5, 5.41) is 3.09. The molecular weight excluding hydrogens is 164 g/mol. The molecule has 0 heterocycles. The van der Waals surface area contributed by atoms with Crippen LogP contribution in [0.1, 0.15) is 6.42 Å². The van der Waals surface area contributed by atoms with Crippen molar-refractivity contribution in [2.45, 2.75) is 12.5 Å². The van der Waals surface area contributed by atoms with Gasteiger partial charge in [-0.3, -0.25) is 0 Å². The minimum absolute atomic E-state index is 0.00556. The van der Waals surface area contributed by atoms with E-state index in [0.29, 0.717) is 0 Å². The number of hydrogen-bond donors (Lipinski definition) is 2. The molecule has 0 aromatic heterocycles. The summed E-state index contributed by atoms with van der Waals surface area (Å²) in [6.07, 6.45) is 1.18. The van der Waals surface area contributed by atoms with E-state index >= 15 is 0 Å². The summed E-state index contributed by atoms with van der Waals surface area (Å²) in [5.41, 5.74) is 0. The Morgan fingerprint density at radius 2 is 2.20 bits per heavy atom. The average molecular weight is 181 g/mol. The molecule has 0 aromatic rings. The van der Waals surface area contributed by atoms with Gasteiger partial charge in [-0.2, -0.15) is 0 Å². The maximum Gasteiger partial charge on any atom is 0.0917 e. The Bertz CT molecular complexity index is 55.7. The fraction of sp³-hybridized carbons (Fsp3) is 1.00. The molecule has 0 aliphatic rings. The molecule has 0 fully saturated rings. The van der Waals surface area contributed by atoms with E-state index in [1.165, 1.54) is 12.5 Å². The summed E-state index contributed by atoms with van der Waals surface area (Å²) >= 11 is 5.52. The third-order valence-corrected chi connectivity index (χ3v) is 3.12. The summed E-state index contributed by atoms with van der Waals surface area (Å²) < 4.78 is 0. The third kappa shape index (κ3) is 8.43. The minimum Gasteiger partial charge on any atom is -0.341 e. The Balaban J connectivity index is 2.65. The highest BCUT2D eigenvalue weighted by Crippen LogP contribution is 1.88. The molecule has 0 aromatic carbocycles. The Kier molecular flexibility index (Phi) is 9.83. The van der Waals surface area contributed by atoms with Crippen molar-refractivity contribution < 1.29 is 0 Å². The van der Waals surface area contributed by atoms with Crippen molar-refractivity contribution in [2.24, 2.45) is 0 Å². The predicted octanol–water partition coefficient (Wildman–Crippen LogP) is -0.0736. The van der Waals surface area contributed by atoms with Crippen molar-refractivity contribution in [3.05, 3.63) is 0 Å². The highest BCUT2D eigenvalue weighted by atomic mass is 35.5. The second kappa shape index (κ2) is 9.43. The molecule has 2 nitrogen and oxygen atoms in total. The molecule has 10 heavy (non-hydrogen) atoms. The number of halogens is 1. The van der Waals surface area contributed by atoms with Gasteiger partial charge in [0.1, 0.15) is 0 Å². The van der Waals surface area contributed by atoms with Crippen molar-refractivity contribution >= 4 is 21.3 Å².